The third-order valence-corrected chi connectivity index (χ3v) is 3.62. The third-order valence-electron chi connectivity index (χ3n) is 2.70. The van der Waals surface area contributed by atoms with Crippen molar-refractivity contribution < 1.29 is 13.2 Å². The lowest BCUT2D eigenvalue weighted by atomic mass is 9.99. The van der Waals surface area contributed by atoms with Gasteiger partial charge in [-0.15, -0.1) is 0 Å². The van der Waals surface area contributed by atoms with Crippen molar-refractivity contribution in [2.45, 2.75) is 6.04 Å². The van der Waals surface area contributed by atoms with E-state index >= 15 is 0 Å². The molecule has 100 valence electrons. The standard InChI is InChI=1S/C13H8BrClF3N/c14-9-5-6(15)1-2-7(9)13(19)8-3-4-10(16)12(18)11(8)17/h1-5,13H,19H2. The Hall–Kier alpha value is -1.04. The molecule has 0 aliphatic heterocycles. The highest BCUT2D eigenvalue weighted by Gasteiger charge is 2.20. The zero-order chi connectivity index (χ0) is 14.2. The first-order valence-corrected chi connectivity index (χ1v) is 6.43. The highest BCUT2D eigenvalue weighted by molar-refractivity contribution is 9.10. The van der Waals surface area contributed by atoms with Crippen LogP contribution in [0.5, 0.6) is 0 Å². The van der Waals surface area contributed by atoms with E-state index in [0.717, 1.165) is 12.1 Å². The fraction of sp³-hybridized carbons (Fsp3) is 0.0769. The van der Waals surface area contributed by atoms with Gasteiger partial charge in [-0.1, -0.05) is 39.7 Å². The smallest absolute Gasteiger partial charge is 0.194 e. The van der Waals surface area contributed by atoms with Gasteiger partial charge in [-0.2, -0.15) is 0 Å². The minimum atomic E-state index is -1.53. The third kappa shape index (κ3) is 2.78. The summed E-state index contributed by atoms with van der Waals surface area (Å²) in [5.41, 5.74) is 6.28. The summed E-state index contributed by atoms with van der Waals surface area (Å²) in [5.74, 6) is -4.06. The van der Waals surface area contributed by atoms with E-state index in [0.29, 0.717) is 15.1 Å². The molecule has 0 radical (unpaired) electrons. The zero-order valence-corrected chi connectivity index (χ0v) is 11.8. The maximum Gasteiger partial charge on any atom is 0.194 e. The van der Waals surface area contributed by atoms with E-state index in [4.69, 9.17) is 17.3 Å². The van der Waals surface area contributed by atoms with Crippen LogP contribution in [0, 0.1) is 17.5 Å². The molecule has 2 aromatic rings. The molecule has 0 fully saturated rings. The molecule has 19 heavy (non-hydrogen) atoms. The van der Waals surface area contributed by atoms with Crippen molar-refractivity contribution in [3.8, 4) is 0 Å². The van der Waals surface area contributed by atoms with E-state index in [1.807, 2.05) is 0 Å². The lowest BCUT2D eigenvalue weighted by Gasteiger charge is -2.15. The number of hydrogen-bond acceptors (Lipinski definition) is 1. The van der Waals surface area contributed by atoms with Gasteiger partial charge in [-0.05, 0) is 23.8 Å². The van der Waals surface area contributed by atoms with Crippen LogP contribution in [0.2, 0.25) is 5.02 Å². The Morgan fingerprint density at radius 1 is 1.00 bits per heavy atom. The Morgan fingerprint density at radius 3 is 2.26 bits per heavy atom. The van der Waals surface area contributed by atoms with Gasteiger partial charge in [-0.3, -0.25) is 0 Å². The first kappa shape index (κ1) is 14.4. The first-order valence-electron chi connectivity index (χ1n) is 5.25. The Balaban J connectivity index is 2.50. The molecule has 2 aromatic carbocycles. The van der Waals surface area contributed by atoms with E-state index < -0.39 is 23.5 Å². The van der Waals surface area contributed by atoms with Gasteiger partial charge in [0.25, 0.3) is 0 Å². The van der Waals surface area contributed by atoms with Crippen molar-refractivity contribution in [3.63, 3.8) is 0 Å². The molecule has 1 nitrogen and oxygen atoms in total. The second-order valence-electron chi connectivity index (χ2n) is 3.91. The Morgan fingerprint density at radius 2 is 1.63 bits per heavy atom. The number of halogens is 5. The molecule has 0 amide bonds. The van der Waals surface area contributed by atoms with Crippen LogP contribution < -0.4 is 5.73 Å². The quantitative estimate of drug-likeness (QED) is 0.789. The molecule has 0 aliphatic rings. The number of rotatable bonds is 2. The van der Waals surface area contributed by atoms with Crippen molar-refractivity contribution in [1.29, 1.82) is 0 Å². The van der Waals surface area contributed by atoms with Crippen LogP contribution in [0.1, 0.15) is 17.2 Å². The van der Waals surface area contributed by atoms with E-state index in [1.54, 1.807) is 18.2 Å². The average Bonchev–Trinajstić information content (AvgIpc) is 2.35. The van der Waals surface area contributed by atoms with Crippen molar-refractivity contribution in [3.05, 3.63) is 68.4 Å². The largest absolute Gasteiger partial charge is 0.320 e. The monoisotopic (exact) mass is 349 g/mol. The fourth-order valence-electron chi connectivity index (χ4n) is 1.70. The van der Waals surface area contributed by atoms with Crippen molar-refractivity contribution in [1.82, 2.24) is 0 Å². The van der Waals surface area contributed by atoms with Crippen LogP contribution in [0.4, 0.5) is 13.2 Å². The Labute approximate surface area is 121 Å². The van der Waals surface area contributed by atoms with Gasteiger partial charge in [0.2, 0.25) is 0 Å². The van der Waals surface area contributed by atoms with Gasteiger partial charge in [-0.25, -0.2) is 13.2 Å². The zero-order valence-electron chi connectivity index (χ0n) is 9.43. The lowest BCUT2D eigenvalue weighted by molar-refractivity contribution is 0.438. The van der Waals surface area contributed by atoms with Gasteiger partial charge in [0.15, 0.2) is 17.5 Å². The molecule has 0 aliphatic carbocycles. The van der Waals surface area contributed by atoms with Crippen LogP contribution >= 0.6 is 27.5 Å². The minimum Gasteiger partial charge on any atom is -0.320 e. The minimum absolute atomic E-state index is 0.123. The average molecular weight is 351 g/mol. The van der Waals surface area contributed by atoms with Crippen molar-refractivity contribution in [2.75, 3.05) is 0 Å². The molecule has 0 saturated carbocycles. The molecule has 0 saturated heterocycles. The topological polar surface area (TPSA) is 26.0 Å². The molecular formula is C13H8BrClF3N. The first-order chi connectivity index (χ1) is 8.91. The number of hydrogen-bond donors (Lipinski definition) is 1. The maximum absolute atomic E-state index is 13.7. The van der Waals surface area contributed by atoms with Gasteiger partial charge in [0, 0.05) is 15.1 Å². The molecule has 0 spiro atoms. The van der Waals surface area contributed by atoms with E-state index in [1.165, 1.54) is 0 Å². The molecule has 2 N–H and O–H groups in total. The predicted molar refractivity (Wildman–Crippen MR) is 71.5 cm³/mol. The molecule has 0 bridgehead atoms. The molecule has 1 atom stereocenters. The highest BCUT2D eigenvalue weighted by atomic mass is 79.9. The Kier molecular flexibility index (Phi) is 4.18. The summed E-state index contributed by atoms with van der Waals surface area (Å²) < 4.78 is 40.3. The molecule has 0 aromatic heterocycles. The number of benzene rings is 2. The predicted octanol–water partition coefficient (Wildman–Crippen LogP) is 4.57. The second-order valence-corrected chi connectivity index (χ2v) is 5.20. The SMILES string of the molecule is NC(c1ccc(Cl)cc1Br)c1ccc(F)c(F)c1F. The summed E-state index contributed by atoms with van der Waals surface area (Å²) in [7, 11) is 0. The van der Waals surface area contributed by atoms with Crippen molar-refractivity contribution >= 4 is 27.5 Å². The lowest BCUT2D eigenvalue weighted by Crippen LogP contribution is -2.15. The molecule has 6 heteroatoms. The number of nitrogens with two attached hydrogens (primary N) is 1. The van der Waals surface area contributed by atoms with Crippen LogP contribution in [-0.2, 0) is 0 Å². The Bertz CT molecular complexity index is 634. The fourth-order valence-corrected chi connectivity index (χ4v) is 2.63. The summed E-state index contributed by atoms with van der Waals surface area (Å²) in [6, 6.07) is 5.81. The summed E-state index contributed by atoms with van der Waals surface area (Å²) in [4.78, 5) is 0. The summed E-state index contributed by atoms with van der Waals surface area (Å²) >= 11 is 9.04. The molecule has 0 heterocycles. The van der Waals surface area contributed by atoms with Crippen LogP contribution in [-0.4, -0.2) is 0 Å². The summed E-state index contributed by atoms with van der Waals surface area (Å²) in [6.45, 7) is 0. The van der Waals surface area contributed by atoms with Crippen molar-refractivity contribution in [2.24, 2.45) is 5.73 Å². The van der Waals surface area contributed by atoms with E-state index in [9.17, 15) is 13.2 Å². The van der Waals surface area contributed by atoms with Crippen LogP contribution in [0.15, 0.2) is 34.8 Å². The normalized spacial score (nSPS) is 12.5. The highest BCUT2D eigenvalue weighted by Crippen LogP contribution is 2.31. The molecular weight excluding hydrogens is 343 g/mol. The molecule has 1 unspecified atom stereocenters. The second kappa shape index (κ2) is 5.53. The van der Waals surface area contributed by atoms with Crippen LogP contribution in [0.25, 0.3) is 0 Å². The van der Waals surface area contributed by atoms with Crippen LogP contribution in [0.3, 0.4) is 0 Å². The van der Waals surface area contributed by atoms with Gasteiger partial charge in [0.1, 0.15) is 0 Å². The van der Waals surface area contributed by atoms with E-state index in [2.05, 4.69) is 15.9 Å². The van der Waals surface area contributed by atoms with Gasteiger partial charge in [0.05, 0.1) is 6.04 Å². The van der Waals surface area contributed by atoms with E-state index in [-0.39, 0.29) is 5.56 Å². The maximum atomic E-state index is 13.7. The van der Waals surface area contributed by atoms with Gasteiger partial charge < -0.3 is 5.73 Å². The summed E-state index contributed by atoms with van der Waals surface area (Å²) in [5, 5.41) is 0.480. The van der Waals surface area contributed by atoms with Gasteiger partial charge >= 0.3 is 0 Å². The molecule has 2 rings (SSSR count). The summed E-state index contributed by atoms with van der Waals surface area (Å²) in [6.07, 6.45) is 0.